The largest absolute Gasteiger partial charge is 0.443 e. The Kier molecular flexibility index (Phi) is 3.77. The Morgan fingerprint density at radius 2 is 2.04 bits per heavy atom. The molecule has 3 aromatic rings. The molecule has 0 bridgehead atoms. The van der Waals surface area contributed by atoms with E-state index in [0.29, 0.717) is 11.2 Å². The average Bonchev–Trinajstić information content (AvgIpc) is 2.85. The molecule has 3 rings (SSSR count). The smallest absolute Gasteiger partial charge is 0.419 e. The van der Waals surface area contributed by atoms with Crippen LogP contribution >= 0.6 is 11.6 Å². The molecule has 0 aliphatic carbocycles. The summed E-state index contributed by atoms with van der Waals surface area (Å²) in [5.41, 5.74) is 1.45. The van der Waals surface area contributed by atoms with Crippen molar-refractivity contribution in [2.75, 3.05) is 0 Å². The van der Waals surface area contributed by atoms with E-state index in [4.69, 9.17) is 16.3 Å². The van der Waals surface area contributed by atoms with Crippen LogP contribution in [-0.4, -0.2) is 31.2 Å². The summed E-state index contributed by atoms with van der Waals surface area (Å²) in [4.78, 5) is 24.6. The van der Waals surface area contributed by atoms with Crippen LogP contribution in [0.4, 0.5) is 4.79 Å². The zero-order valence-corrected chi connectivity index (χ0v) is 13.7. The van der Waals surface area contributed by atoms with E-state index < -0.39 is 11.7 Å². The topological polar surface area (TPSA) is 69.9 Å². The Bertz CT molecular complexity index is 883. The summed E-state index contributed by atoms with van der Waals surface area (Å²) >= 11 is 5.87. The van der Waals surface area contributed by atoms with Crippen LogP contribution in [0.3, 0.4) is 0 Å². The molecule has 23 heavy (non-hydrogen) atoms. The third kappa shape index (κ3) is 3.17. The van der Waals surface area contributed by atoms with Gasteiger partial charge in [0.25, 0.3) is 0 Å². The third-order valence-electron chi connectivity index (χ3n) is 3.10. The van der Waals surface area contributed by atoms with Gasteiger partial charge in [0, 0.05) is 29.5 Å². The molecule has 0 unspecified atom stereocenters. The van der Waals surface area contributed by atoms with Gasteiger partial charge in [-0.25, -0.2) is 14.8 Å². The first-order chi connectivity index (χ1) is 10.8. The lowest BCUT2D eigenvalue weighted by Crippen LogP contribution is -2.26. The maximum absolute atomic E-state index is 12.4. The normalized spacial score (nSPS) is 11.7. The van der Waals surface area contributed by atoms with E-state index in [-0.39, 0.29) is 5.28 Å². The van der Waals surface area contributed by atoms with Crippen molar-refractivity contribution in [3.05, 3.63) is 42.2 Å². The molecule has 7 heteroatoms. The van der Waals surface area contributed by atoms with Crippen LogP contribution in [0.15, 0.2) is 36.9 Å². The van der Waals surface area contributed by atoms with E-state index >= 15 is 0 Å². The highest BCUT2D eigenvalue weighted by molar-refractivity contribution is 6.28. The minimum Gasteiger partial charge on any atom is -0.443 e. The van der Waals surface area contributed by atoms with E-state index in [2.05, 4.69) is 15.0 Å². The van der Waals surface area contributed by atoms with Gasteiger partial charge in [-0.3, -0.25) is 9.55 Å². The fourth-order valence-electron chi connectivity index (χ4n) is 2.23. The predicted octanol–water partition coefficient (Wildman–Crippen LogP) is 3.93. The molecular weight excluding hydrogens is 316 g/mol. The fraction of sp³-hybridized carbons (Fsp3) is 0.250. The SMILES string of the molecule is CC(C)(C)OC(=O)n1cc(-c2ccnc(Cl)n2)c2ccncc21. The molecule has 0 atom stereocenters. The zero-order valence-electron chi connectivity index (χ0n) is 12.9. The van der Waals surface area contributed by atoms with E-state index in [1.807, 2.05) is 26.8 Å². The number of carbonyl (C=O) groups is 1. The van der Waals surface area contributed by atoms with Gasteiger partial charge in [0.15, 0.2) is 0 Å². The average molecular weight is 331 g/mol. The summed E-state index contributed by atoms with van der Waals surface area (Å²) in [7, 11) is 0. The first-order valence-corrected chi connectivity index (χ1v) is 7.40. The van der Waals surface area contributed by atoms with Gasteiger partial charge in [0.2, 0.25) is 5.28 Å². The van der Waals surface area contributed by atoms with Gasteiger partial charge in [-0.05, 0) is 44.5 Å². The highest BCUT2D eigenvalue weighted by Gasteiger charge is 2.21. The number of aromatic nitrogens is 4. The van der Waals surface area contributed by atoms with Gasteiger partial charge in [-0.2, -0.15) is 0 Å². The molecule has 0 aliphatic rings. The summed E-state index contributed by atoms with van der Waals surface area (Å²) < 4.78 is 6.87. The maximum Gasteiger partial charge on any atom is 0.419 e. The third-order valence-corrected chi connectivity index (χ3v) is 3.28. The number of hydrogen-bond donors (Lipinski definition) is 0. The van der Waals surface area contributed by atoms with Gasteiger partial charge in [0.05, 0.1) is 17.4 Å². The van der Waals surface area contributed by atoms with Gasteiger partial charge >= 0.3 is 6.09 Å². The van der Waals surface area contributed by atoms with E-state index in [9.17, 15) is 4.79 Å². The summed E-state index contributed by atoms with van der Waals surface area (Å²) in [6, 6.07) is 3.56. The number of fused-ring (bicyclic) bond motifs is 1. The van der Waals surface area contributed by atoms with Crippen LogP contribution < -0.4 is 0 Å². The van der Waals surface area contributed by atoms with Gasteiger partial charge in [-0.15, -0.1) is 0 Å². The first kappa shape index (κ1) is 15.4. The van der Waals surface area contributed by atoms with Crippen molar-refractivity contribution in [3.63, 3.8) is 0 Å². The number of hydrogen-bond acceptors (Lipinski definition) is 5. The number of carbonyl (C=O) groups excluding carboxylic acids is 1. The molecule has 0 saturated heterocycles. The lowest BCUT2D eigenvalue weighted by Gasteiger charge is -2.19. The Balaban J connectivity index is 2.16. The summed E-state index contributed by atoms with van der Waals surface area (Å²) in [6.45, 7) is 5.46. The van der Waals surface area contributed by atoms with E-state index in [1.165, 1.54) is 4.57 Å². The standard InChI is InChI=1S/C16H15ClN4O2/c1-16(2,3)23-15(22)21-9-11(10-4-6-18-8-13(10)21)12-5-7-19-14(17)20-12/h4-9H,1-3H3. The molecule has 3 aromatic heterocycles. The number of pyridine rings is 1. The van der Waals surface area contributed by atoms with Crippen molar-refractivity contribution in [1.82, 2.24) is 19.5 Å². The Morgan fingerprint density at radius 1 is 1.26 bits per heavy atom. The van der Waals surface area contributed by atoms with Crippen molar-refractivity contribution in [2.24, 2.45) is 0 Å². The van der Waals surface area contributed by atoms with Crippen molar-refractivity contribution in [3.8, 4) is 11.3 Å². The Labute approximate surface area is 138 Å². The first-order valence-electron chi connectivity index (χ1n) is 7.02. The molecule has 0 amide bonds. The van der Waals surface area contributed by atoms with Crippen LogP contribution in [0.5, 0.6) is 0 Å². The Morgan fingerprint density at radius 3 is 2.74 bits per heavy atom. The van der Waals surface area contributed by atoms with Crippen molar-refractivity contribution < 1.29 is 9.53 Å². The van der Waals surface area contributed by atoms with E-state index in [0.717, 1.165) is 10.9 Å². The van der Waals surface area contributed by atoms with Crippen LogP contribution in [0.25, 0.3) is 22.2 Å². The van der Waals surface area contributed by atoms with Crippen molar-refractivity contribution in [2.45, 2.75) is 26.4 Å². The van der Waals surface area contributed by atoms with Crippen LogP contribution in [0.1, 0.15) is 20.8 Å². The summed E-state index contributed by atoms with van der Waals surface area (Å²) in [6.07, 6.45) is 6.06. The van der Waals surface area contributed by atoms with Crippen LogP contribution in [0.2, 0.25) is 5.28 Å². The molecule has 0 saturated carbocycles. The van der Waals surface area contributed by atoms with Crippen LogP contribution in [0, 0.1) is 0 Å². The van der Waals surface area contributed by atoms with E-state index in [1.54, 1.807) is 30.9 Å². The molecular formula is C16H15ClN4O2. The monoisotopic (exact) mass is 330 g/mol. The molecule has 3 heterocycles. The second-order valence-corrected chi connectivity index (χ2v) is 6.33. The highest BCUT2D eigenvalue weighted by atomic mass is 35.5. The number of ether oxygens (including phenoxy) is 1. The molecule has 0 aromatic carbocycles. The van der Waals surface area contributed by atoms with Gasteiger partial charge in [0.1, 0.15) is 5.60 Å². The number of rotatable bonds is 1. The minimum absolute atomic E-state index is 0.148. The number of nitrogens with zero attached hydrogens (tertiary/aromatic N) is 4. The zero-order chi connectivity index (χ0) is 16.6. The second kappa shape index (κ2) is 5.62. The lowest BCUT2D eigenvalue weighted by atomic mass is 10.1. The molecule has 0 fully saturated rings. The molecule has 118 valence electrons. The Hall–Kier alpha value is -2.47. The van der Waals surface area contributed by atoms with Crippen molar-refractivity contribution in [1.29, 1.82) is 0 Å². The van der Waals surface area contributed by atoms with Gasteiger partial charge in [-0.1, -0.05) is 0 Å². The summed E-state index contributed by atoms with van der Waals surface area (Å²) in [5, 5.41) is 0.982. The van der Waals surface area contributed by atoms with Crippen molar-refractivity contribution >= 4 is 28.6 Å². The molecule has 0 N–H and O–H groups in total. The molecule has 0 spiro atoms. The summed E-state index contributed by atoms with van der Waals surface area (Å²) in [5.74, 6) is 0. The molecule has 0 radical (unpaired) electrons. The number of halogens is 1. The molecule has 0 aliphatic heterocycles. The highest BCUT2D eigenvalue weighted by Crippen LogP contribution is 2.29. The quantitative estimate of drug-likeness (QED) is 0.632. The van der Waals surface area contributed by atoms with Gasteiger partial charge < -0.3 is 4.74 Å². The maximum atomic E-state index is 12.4. The second-order valence-electron chi connectivity index (χ2n) is 6.00. The fourth-order valence-corrected chi connectivity index (χ4v) is 2.37. The minimum atomic E-state index is -0.589. The lowest BCUT2D eigenvalue weighted by molar-refractivity contribution is 0.0544. The predicted molar refractivity (Wildman–Crippen MR) is 87.4 cm³/mol. The van der Waals surface area contributed by atoms with Crippen LogP contribution in [-0.2, 0) is 4.74 Å². The molecule has 6 nitrogen and oxygen atoms in total.